The lowest BCUT2D eigenvalue weighted by molar-refractivity contribution is 0.0684. The fourth-order valence-electron chi connectivity index (χ4n) is 4.49. The summed E-state index contributed by atoms with van der Waals surface area (Å²) in [7, 11) is 0. The number of hydrogen-bond donors (Lipinski definition) is 1. The quantitative estimate of drug-likeness (QED) is 0.546. The first-order valence-electron chi connectivity index (χ1n) is 10.3. The van der Waals surface area contributed by atoms with Gasteiger partial charge in [-0.2, -0.15) is 9.50 Å². The highest BCUT2D eigenvalue weighted by Gasteiger charge is 2.28. The van der Waals surface area contributed by atoms with Crippen LogP contribution in [0.15, 0.2) is 35.1 Å². The molecule has 154 valence electrons. The van der Waals surface area contributed by atoms with Crippen LogP contribution in [0.1, 0.15) is 60.5 Å². The summed E-state index contributed by atoms with van der Waals surface area (Å²) in [4.78, 5) is 33.5. The van der Waals surface area contributed by atoms with Crippen molar-refractivity contribution in [1.82, 2.24) is 28.7 Å². The number of carboxylic acids is 1. The molecule has 0 spiro atoms. The zero-order valence-electron chi connectivity index (χ0n) is 16.7. The minimum absolute atomic E-state index is 0.222. The van der Waals surface area contributed by atoms with Crippen molar-refractivity contribution in [3.63, 3.8) is 0 Å². The Kier molecular flexibility index (Phi) is 4.38. The van der Waals surface area contributed by atoms with Crippen LogP contribution in [-0.2, 0) is 13.1 Å². The maximum absolute atomic E-state index is 13.2. The van der Waals surface area contributed by atoms with Gasteiger partial charge in [0, 0.05) is 12.5 Å². The number of rotatable bonds is 5. The van der Waals surface area contributed by atoms with Crippen LogP contribution in [0.3, 0.4) is 0 Å². The third-order valence-corrected chi connectivity index (χ3v) is 5.86. The van der Waals surface area contributed by atoms with Gasteiger partial charge in [0.15, 0.2) is 5.52 Å². The summed E-state index contributed by atoms with van der Waals surface area (Å²) in [6.07, 6.45) is 4.42. The number of benzene rings is 1. The van der Waals surface area contributed by atoms with Gasteiger partial charge in [-0.1, -0.05) is 43.2 Å². The predicted octanol–water partition coefficient (Wildman–Crippen LogP) is 2.66. The second-order valence-corrected chi connectivity index (χ2v) is 7.70. The molecule has 0 unspecified atom stereocenters. The van der Waals surface area contributed by atoms with Crippen LogP contribution in [0.5, 0.6) is 0 Å². The number of carbonyl (C=O) groups is 1. The Morgan fingerprint density at radius 1 is 1.13 bits per heavy atom. The molecule has 3 heterocycles. The Hall–Kier alpha value is -3.49. The molecule has 1 saturated carbocycles. The van der Waals surface area contributed by atoms with E-state index in [0.29, 0.717) is 30.2 Å². The van der Waals surface area contributed by atoms with Gasteiger partial charge in [0.1, 0.15) is 11.5 Å². The molecule has 5 rings (SSSR count). The summed E-state index contributed by atoms with van der Waals surface area (Å²) >= 11 is 0. The third kappa shape index (κ3) is 2.80. The van der Waals surface area contributed by atoms with Crippen LogP contribution >= 0.6 is 0 Å². The Labute approximate surface area is 171 Å². The molecule has 1 N–H and O–H groups in total. The highest BCUT2D eigenvalue weighted by molar-refractivity contribution is 5.84. The zero-order valence-corrected chi connectivity index (χ0v) is 16.7. The monoisotopic (exact) mass is 406 g/mol. The van der Waals surface area contributed by atoms with E-state index in [4.69, 9.17) is 4.98 Å². The molecule has 0 radical (unpaired) electrons. The molecule has 4 aromatic rings. The fourth-order valence-corrected chi connectivity index (χ4v) is 4.49. The summed E-state index contributed by atoms with van der Waals surface area (Å²) in [6, 6.07) is 10.1. The van der Waals surface area contributed by atoms with Gasteiger partial charge in [-0.05, 0) is 25.3 Å². The van der Waals surface area contributed by atoms with Crippen LogP contribution in [0.25, 0.3) is 16.9 Å². The molecule has 30 heavy (non-hydrogen) atoms. The van der Waals surface area contributed by atoms with Crippen LogP contribution in [0.2, 0.25) is 0 Å². The Morgan fingerprint density at radius 2 is 1.87 bits per heavy atom. The molecule has 1 aliphatic rings. The molecule has 0 atom stereocenters. The summed E-state index contributed by atoms with van der Waals surface area (Å²) in [6.45, 7) is 3.02. The number of carboxylic acid groups (broad SMARTS) is 1. The van der Waals surface area contributed by atoms with Crippen molar-refractivity contribution in [1.29, 1.82) is 0 Å². The van der Waals surface area contributed by atoms with E-state index in [1.165, 1.54) is 0 Å². The second kappa shape index (κ2) is 7.08. The molecule has 3 aromatic heterocycles. The first-order chi connectivity index (χ1) is 14.6. The van der Waals surface area contributed by atoms with E-state index in [9.17, 15) is 14.7 Å². The topological polar surface area (TPSA) is 107 Å². The molecule has 9 heteroatoms. The van der Waals surface area contributed by atoms with E-state index >= 15 is 0 Å². The van der Waals surface area contributed by atoms with Crippen molar-refractivity contribution in [3.8, 4) is 0 Å². The van der Waals surface area contributed by atoms with Gasteiger partial charge in [-0.15, -0.1) is 5.10 Å². The van der Waals surface area contributed by atoms with Crippen molar-refractivity contribution in [2.75, 3.05) is 0 Å². The molecule has 0 saturated heterocycles. The Balaban J connectivity index is 1.84. The lowest BCUT2D eigenvalue weighted by Crippen LogP contribution is -2.21. The lowest BCUT2D eigenvalue weighted by atomic mass is 10.1. The minimum atomic E-state index is -1.27. The summed E-state index contributed by atoms with van der Waals surface area (Å²) in [5, 5.41) is 13.2. The number of fused-ring (bicyclic) bond motifs is 2. The number of aryl methyl sites for hydroxylation is 1. The molecule has 1 aliphatic carbocycles. The lowest BCUT2D eigenvalue weighted by Gasteiger charge is -2.16. The van der Waals surface area contributed by atoms with Crippen molar-refractivity contribution < 1.29 is 9.90 Å². The normalized spacial score (nSPS) is 14.8. The second-order valence-electron chi connectivity index (χ2n) is 7.70. The van der Waals surface area contributed by atoms with Gasteiger partial charge in [-0.3, -0.25) is 9.36 Å². The smallest absolute Gasteiger partial charge is 0.375 e. The molecule has 0 bridgehead atoms. The van der Waals surface area contributed by atoms with Crippen LogP contribution < -0.4 is 5.56 Å². The van der Waals surface area contributed by atoms with Crippen LogP contribution in [0, 0.1) is 0 Å². The van der Waals surface area contributed by atoms with E-state index in [-0.39, 0.29) is 5.78 Å². The minimum Gasteiger partial charge on any atom is -0.475 e. The molecule has 0 aliphatic heterocycles. The van der Waals surface area contributed by atoms with Crippen molar-refractivity contribution >= 4 is 22.9 Å². The summed E-state index contributed by atoms with van der Waals surface area (Å²) in [5.41, 5.74) is 1.66. The van der Waals surface area contributed by atoms with E-state index in [1.54, 1.807) is 0 Å². The Morgan fingerprint density at radius 3 is 2.53 bits per heavy atom. The summed E-state index contributed by atoms with van der Waals surface area (Å²) in [5.74, 6) is -0.220. The molecular weight excluding hydrogens is 384 g/mol. The third-order valence-electron chi connectivity index (χ3n) is 5.86. The average Bonchev–Trinajstić information content (AvgIpc) is 3.48. The van der Waals surface area contributed by atoms with E-state index in [2.05, 4.69) is 26.8 Å². The number of aromatic nitrogens is 6. The van der Waals surface area contributed by atoms with Gasteiger partial charge in [0.25, 0.3) is 5.82 Å². The van der Waals surface area contributed by atoms with Crippen molar-refractivity contribution in [3.05, 3.63) is 57.9 Å². The standard InChI is InChI=1S/C21H22N6O3/c1-2-25-18-15(19(28)27-21(25)23-16(24-27)20(29)30)22-17(14-10-6-7-11-14)26(18)12-13-8-4-3-5-9-13/h3-5,8-9,14H,2,6-7,10-12H2,1H3,(H,29,30). The number of nitrogens with zero attached hydrogens (tertiary/aromatic N) is 6. The van der Waals surface area contributed by atoms with Gasteiger partial charge < -0.3 is 9.67 Å². The van der Waals surface area contributed by atoms with Crippen molar-refractivity contribution in [2.24, 2.45) is 0 Å². The number of imidazole rings is 1. The number of aromatic carboxylic acids is 1. The number of hydrogen-bond acceptors (Lipinski definition) is 5. The fraction of sp³-hybridized carbons (Fsp3) is 0.381. The van der Waals surface area contributed by atoms with Crippen LogP contribution in [0.4, 0.5) is 0 Å². The van der Waals surface area contributed by atoms with Crippen molar-refractivity contribution in [2.45, 2.75) is 51.6 Å². The van der Waals surface area contributed by atoms with E-state index in [0.717, 1.165) is 41.6 Å². The Bertz CT molecular complexity index is 1310. The maximum atomic E-state index is 13.2. The maximum Gasteiger partial charge on any atom is 0.375 e. The molecule has 0 amide bonds. The summed E-state index contributed by atoms with van der Waals surface area (Å²) < 4.78 is 5.01. The van der Waals surface area contributed by atoms with Gasteiger partial charge in [0.05, 0.1) is 6.54 Å². The molecule has 1 aromatic carbocycles. The molecular formula is C21H22N6O3. The van der Waals surface area contributed by atoms with Gasteiger partial charge in [-0.25, -0.2) is 9.78 Å². The molecule has 9 nitrogen and oxygen atoms in total. The first-order valence-corrected chi connectivity index (χ1v) is 10.3. The van der Waals surface area contributed by atoms with Crippen LogP contribution in [-0.4, -0.2) is 39.8 Å². The van der Waals surface area contributed by atoms with E-state index < -0.39 is 17.4 Å². The molecule has 1 fully saturated rings. The highest BCUT2D eigenvalue weighted by atomic mass is 16.4. The first kappa shape index (κ1) is 18.5. The van der Waals surface area contributed by atoms with E-state index in [1.807, 2.05) is 29.7 Å². The SMILES string of the molecule is CCn1c2c(nc(C3CCCC3)n2Cc2ccccc2)c(=O)n2nc(C(=O)O)nc12. The average molecular weight is 406 g/mol. The van der Waals surface area contributed by atoms with Gasteiger partial charge >= 0.3 is 11.5 Å². The highest BCUT2D eigenvalue weighted by Crippen LogP contribution is 2.35. The van der Waals surface area contributed by atoms with Gasteiger partial charge in [0.2, 0.25) is 5.78 Å². The zero-order chi connectivity index (χ0) is 20.8. The predicted molar refractivity (Wildman–Crippen MR) is 110 cm³/mol. The largest absolute Gasteiger partial charge is 0.475 e.